The summed E-state index contributed by atoms with van der Waals surface area (Å²) in [5, 5.41) is 5.25. The van der Waals surface area contributed by atoms with Gasteiger partial charge in [0.05, 0.1) is 22.2 Å². The van der Waals surface area contributed by atoms with Gasteiger partial charge in [-0.1, -0.05) is 41.9 Å². The Kier molecular flexibility index (Phi) is 5.15. The van der Waals surface area contributed by atoms with Gasteiger partial charge in [0.15, 0.2) is 15.1 Å². The molecule has 3 aromatic rings. The van der Waals surface area contributed by atoms with Crippen LogP contribution in [0.3, 0.4) is 0 Å². The van der Waals surface area contributed by atoms with Crippen LogP contribution in [-0.2, 0) is 16.4 Å². The molecule has 0 aliphatic rings. The maximum atomic E-state index is 12.5. The maximum Gasteiger partial charge on any atom is 0.193 e. The predicted octanol–water partition coefficient (Wildman–Crippen LogP) is 4.30. The van der Waals surface area contributed by atoms with Crippen LogP contribution in [0.4, 0.5) is 0 Å². The number of fused-ring (bicyclic) bond motifs is 1. The summed E-state index contributed by atoms with van der Waals surface area (Å²) in [7, 11) is -3.48. The van der Waals surface area contributed by atoms with Gasteiger partial charge in [-0.25, -0.2) is 8.42 Å². The summed E-state index contributed by atoms with van der Waals surface area (Å²) in [5.74, 6) is 0.598. The fraction of sp³-hybridized carbons (Fsp3) is 0.176. The van der Waals surface area contributed by atoms with Crippen LogP contribution >= 0.6 is 23.2 Å². The van der Waals surface area contributed by atoms with Gasteiger partial charge >= 0.3 is 0 Å². The molecule has 1 aromatic heterocycles. The van der Waals surface area contributed by atoms with Crippen LogP contribution in [0.5, 0.6) is 0 Å². The molecule has 0 radical (unpaired) electrons. The van der Waals surface area contributed by atoms with E-state index < -0.39 is 9.84 Å². The van der Waals surface area contributed by atoms with Crippen molar-refractivity contribution in [3.8, 4) is 0 Å². The highest BCUT2D eigenvalue weighted by Crippen LogP contribution is 2.30. The van der Waals surface area contributed by atoms with Crippen molar-refractivity contribution < 1.29 is 12.8 Å². The van der Waals surface area contributed by atoms with Crippen molar-refractivity contribution in [1.82, 2.24) is 5.32 Å². The second kappa shape index (κ2) is 7.15. The van der Waals surface area contributed by atoms with Crippen molar-refractivity contribution in [2.45, 2.75) is 11.4 Å². The molecule has 126 valence electrons. The van der Waals surface area contributed by atoms with Gasteiger partial charge in [0.2, 0.25) is 0 Å². The van der Waals surface area contributed by atoms with Crippen LogP contribution in [-0.4, -0.2) is 20.7 Å². The van der Waals surface area contributed by atoms with E-state index >= 15 is 0 Å². The molecule has 4 nitrogen and oxygen atoms in total. The van der Waals surface area contributed by atoms with Crippen LogP contribution in [0.2, 0.25) is 10.2 Å². The Morgan fingerprint density at radius 2 is 1.79 bits per heavy atom. The summed E-state index contributed by atoms with van der Waals surface area (Å²) in [5.41, 5.74) is 0. The Labute approximate surface area is 150 Å². The second-order valence-electron chi connectivity index (χ2n) is 5.30. The summed E-state index contributed by atoms with van der Waals surface area (Å²) < 4.78 is 30.3. The lowest BCUT2D eigenvalue weighted by Gasteiger charge is -2.09. The molecule has 0 unspecified atom stereocenters. The molecule has 1 N–H and O–H groups in total. The minimum absolute atomic E-state index is 0.0561. The molecule has 0 saturated carbocycles. The first-order valence-electron chi connectivity index (χ1n) is 7.32. The fourth-order valence-electron chi connectivity index (χ4n) is 2.43. The van der Waals surface area contributed by atoms with E-state index in [1.807, 2.05) is 24.3 Å². The minimum Gasteiger partial charge on any atom is -0.448 e. The van der Waals surface area contributed by atoms with Gasteiger partial charge in [-0.3, -0.25) is 0 Å². The lowest BCUT2D eigenvalue weighted by atomic mass is 10.1. The molecule has 0 atom stereocenters. The van der Waals surface area contributed by atoms with Crippen molar-refractivity contribution >= 4 is 43.8 Å². The third kappa shape index (κ3) is 3.75. The summed E-state index contributed by atoms with van der Waals surface area (Å²) in [4.78, 5) is 0.158. The van der Waals surface area contributed by atoms with E-state index in [-0.39, 0.29) is 22.2 Å². The molecular weight excluding hydrogens is 369 g/mol. The standard InChI is InChI=1S/C17H15Cl2NO3S/c18-16-8-6-13(23-16)11-20-9-10-24(21,22)15-7-5-12-3-1-2-4-14(12)17(15)19/h1-8,20H,9-11H2. The highest BCUT2D eigenvalue weighted by molar-refractivity contribution is 7.91. The van der Waals surface area contributed by atoms with Crippen molar-refractivity contribution in [3.63, 3.8) is 0 Å². The van der Waals surface area contributed by atoms with E-state index in [2.05, 4.69) is 5.32 Å². The number of halogens is 2. The zero-order chi connectivity index (χ0) is 17.2. The van der Waals surface area contributed by atoms with Crippen LogP contribution in [0, 0.1) is 0 Å². The topological polar surface area (TPSA) is 59.3 Å². The summed E-state index contributed by atoms with van der Waals surface area (Å²) in [6, 6.07) is 14.1. The molecule has 0 amide bonds. The summed E-state index contributed by atoms with van der Waals surface area (Å²) in [6.07, 6.45) is 0. The third-order valence-electron chi connectivity index (χ3n) is 3.64. The van der Waals surface area contributed by atoms with Gasteiger partial charge in [-0.2, -0.15) is 0 Å². The SMILES string of the molecule is O=S(=O)(CCNCc1ccc(Cl)o1)c1ccc2ccccc2c1Cl. The predicted molar refractivity (Wildman–Crippen MR) is 96.4 cm³/mol. The van der Waals surface area contributed by atoms with E-state index in [1.54, 1.807) is 24.3 Å². The molecule has 3 rings (SSSR count). The lowest BCUT2D eigenvalue weighted by Crippen LogP contribution is -2.22. The van der Waals surface area contributed by atoms with Crippen LogP contribution < -0.4 is 5.32 Å². The molecular formula is C17H15Cl2NO3S. The van der Waals surface area contributed by atoms with Gasteiger partial charge < -0.3 is 9.73 Å². The number of nitrogens with one attached hydrogen (secondary N) is 1. The van der Waals surface area contributed by atoms with Crippen molar-refractivity contribution in [3.05, 3.63) is 64.5 Å². The monoisotopic (exact) mass is 383 g/mol. The number of sulfone groups is 1. The van der Waals surface area contributed by atoms with E-state index in [4.69, 9.17) is 27.6 Å². The van der Waals surface area contributed by atoms with Crippen LogP contribution in [0.25, 0.3) is 10.8 Å². The molecule has 0 saturated heterocycles. The zero-order valence-corrected chi connectivity index (χ0v) is 15.0. The van der Waals surface area contributed by atoms with Gasteiger partial charge in [-0.15, -0.1) is 0 Å². The van der Waals surface area contributed by atoms with E-state index in [0.717, 1.165) is 10.8 Å². The highest BCUT2D eigenvalue weighted by Gasteiger charge is 2.19. The first-order chi connectivity index (χ1) is 11.5. The number of benzene rings is 2. The van der Waals surface area contributed by atoms with Crippen LogP contribution in [0.1, 0.15) is 5.76 Å². The zero-order valence-electron chi connectivity index (χ0n) is 12.6. The summed E-state index contributed by atoms with van der Waals surface area (Å²) in [6.45, 7) is 0.692. The van der Waals surface area contributed by atoms with Gasteiger partial charge in [-0.05, 0) is 35.2 Å². The Morgan fingerprint density at radius 1 is 1.00 bits per heavy atom. The maximum absolute atomic E-state index is 12.5. The van der Waals surface area contributed by atoms with Crippen LogP contribution in [0.15, 0.2) is 57.8 Å². The van der Waals surface area contributed by atoms with Crippen molar-refractivity contribution in [2.24, 2.45) is 0 Å². The smallest absolute Gasteiger partial charge is 0.193 e. The Morgan fingerprint density at radius 3 is 2.54 bits per heavy atom. The molecule has 7 heteroatoms. The number of furan rings is 1. The molecule has 0 fully saturated rings. The second-order valence-corrected chi connectivity index (χ2v) is 8.13. The van der Waals surface area contributed by atoms with Crippen molar-refractivity contribution in [1.29, 1.82) is 0 Å². The lowest BCUT2D eigenvalue weighted by molar-refractivity contribution is 0.488. The molecule has 24 heavy (non-hydrogen) atoms. The molecule has 2 aromatic carbocycles. The third-order valence-corrected chi connectivity index (χ3v) is 6.11. The van der Waals surface area contributed by atoms with Gasteiger partial charge in [0.25, 0.3) is 0 Å². The Balaban J connectivity index is 1.70. The van der Waals surface area contributed by atoms with E-state index in [1.165, 1.54) is 0 Å². The first-order valence-corrected chi connectivity index (χ1v) is 9.73. The minimum atomic E-state index is -3.48. The molecule has 0 bridgehead atoms. The molecule has 0 aliphatic carbocycles. The number of hydrogen-bond donors (Lipinski definition) is 1. The molecule has 1 heterocycles. The quantitative estimate of drug-likeness (QED) is 0.644. The normalized spacial score (nSPS) is 11.9. The van der Waals surface area contributed by atoms with E-state index in [9.17, 15) is 8.42 Å². The number of rotatable bonds is 6. The van der Waals surface area contributed by atoms with Gasteiger partial charge in [0.1, 0.15) is 5.76 Å². The van der Waals surface area contributed by atoms with Gasteiger partial charge in [0, 0.05) is 11.9 Å². The highest BCUT2D eigenvalue weighted by atomic mass is 35.5. The average molecular weight is 384 g/mol. The van der Waals surface area contributed by atoms with Crippen molar-refractivity contribution in [2.75, 3.05) is 12.3 Å². The number of hydrogen-bond acceptors (Lipinski definition) is 4. The van der Waals surface area contributed by atoms with E-state index in [0.29, 0.717) is 17.5 Å². The Hall–Kier alpha value is -1.53. The molecule has 0 aliphatic heterocycles. The first kappa shape index (κ1) is 17.3. The summed E-state index contributed by atoms with van der Waals surface area (Å²) >= 11 is 12.0. The average Bonchev–Trinajstić information content (AvgIpc) is 2.97. The largest absolute Gasteiger partial charge is 0.448 e. The Bertz CT molecular complexity index is 967. The fourth-order valence-corrected chi connectivity index (χ4v) is 4.47. The molecule has 0 spiro atoms.